The van der Waals surface area contributed by atoms with Crippen LogP contribution in [0, 0.1) is 17.5 Å². The third-order valence-electron chi connectivity index (χ3n) is 8.16. The van der Waals surface area contributed by atoms with Gasteiger partial charge in [0.25, 0.3) is 0 Å². The molecule has 0 bridgehead atoms. The number of halogens is 8. The summed E-state index contributed by atoms with van der Waals surface area (Å²) in [6.45, 7) is 2.35. The van der Waals surface area contributed by atoms with E-state index in [1.807, 2.05) is 31.2 Å². The van der Waals surface area contributed by atoms with Gasteiger partial charge in [0.2, 0.25) is 0 Å². The highest BCUT2D eigenvalue weighted by Crippen LogP contribution is 2.41. The normalized spacial score (nSPS) is 17.0. The standard InChI is InChI=1S/C36H32F8O3/c1-2-3-18-45-28-14-16-30(32(38)21-28)35(40,41)46-27-12-8-23(9-13-27)22-4-6-24(7-5-22)25-10-15-29(31(37)19-25)26-11-17-34(33(39)20-26)47-36(42,43)44/h4-7,10-11,14-17,19-21,23,27H,2-3,8-9,12-13,18H2,1H3. The highest BCUT2D eigenvalue weighted by Gasteiger charge is 2.40. The lowest BCUT2D eigenvalue weighted by Gasteiger charge is -2.31. The van der Waals surface area contributed by atoms with Crippen molar-refractivity contribution < 1.29 is 49.3 Å². The lowest BCUT2D eigenvalue weighted by Crippen LogP contribution is -2.30. The van der Waals surface area contributed by atoms with E-state index in [2.05, 4.69) is 4.74 Å². The minimum Gasteiger partial charge on any atom is -0.493 e. The summed E-state index contributed by atoms with van der Waals surface area (Å²) in [5.41, 5.74) is 1.43. The van der Waals surface area contributed by atoms with Crippen molar-refractivity contribution in [2.75, 3.05) is 6.61 Å². The minimum atomic E-state index is -5.06. The minimum absolute atomic E-state index is 0.00330. The lowest BCUT2D eigenvalue weighted by molar-refractivity contribution is -0.278. The summed E-state index contributed by atoms with van der Waals surface area (Å²) in [7, 11) is 0. The summed E-state index contributed by atoms with van der Waals surface area (Å²) >= 11 is 0. The SMILES string of the molecule is CCCCOc1ccc(C(F)(F)OC2CCC(c3ccc(-c4ccc(-c5ccc(OC(F)(F)F)c(F)c5)c(F)c4)cc3)CC2)c(F)c1. The molecule has 0 spiro atoms. The first kappa shape index (κ1) is 34.2. The number of ether oxygens (including phenoxy) is 3. The molecule has 11 heteroatoms. The van der Waals surface area contributed by atoms with Crippen molar-refractivity contribution in [2.24, 2.45) is 0 Å². The van der Waals surface area contributed by atoms with E-state index in [0.717, 1.165) is 48.7 Å². The van der Waals surface area contributed by atoms with Crippen molar-refractivity contribution in [2.45, 2.75) is 69.9 Å². The zero-order valence-electron chi connectivity index (χ0n) is 25.4. The van der Waals surface area contributed by atoms with E-state index in [1.54, 1.807) is 6.07 Å². The summed E-state index contributed by atoms with van der Waals surface area (Å²) in [5.74, 6) is -3.79. The van der Waals surface area contributed by atoms with Crippen LogP contribution >= 0.6 is 0 Å². The first-order chi connectivity index (χ1) is 22.3. The van der Waals surface area contributed by atoms with Crippen molar-refractivity contribution in [3.05, 3.63) is 107 Å². The molecule has 3 nitrogen and oxygen atoms in total. The molecule has 0 aromatic heterocycles. The van der Waals surface area contributed by atoms with Gasteiger partial charge in [0.1, 0.15) is 17.4 Å². The summed E-state index contributed by atoms with van der Waals surface area (Å²) < 4.78 is 125. The Bertz CT molecular complexity index is 1660. The van der Waals surface area contributed by atoms with Gasteiger partial charge in [-0.15, -0.1) is 13.2 Å². The molecule has 1 saturated carbocycles. The van der Waals surface area contributed by atoms with E-state index in [1.165, 1.54) is 18.2 Å². The maximum atomic E-state index is 15.0. The van der Waals surface area contributed by atoms with Crippen LogP contribution in [0.1, 0.15) is 62.5 Å². The second kappa shape index (κ2) is 14.3. The van der Waals surface area contributed by atoms with Crippen LogP contribution in [0.5, 0.6) is 11.5 Å². The van der Waals surface area contributed by atoms with E-state index in [0.29, 0.717) is 43.4 Å². The fourth-order valence-electron chi connectivity index (χ4n) is 5.70. The summed E-state index contributed by atoms with van der Waals surface area (Å²) in [6, 6.07) is 17.6. The molecule has 0 N–H and O–H groups in total. The molecule has 0 aliphatic heterocycles. The van der Waals surface area contributed by atoms with Crippen LogP contribution in [0.25, 0.3) is 22.3 Å². The average Bonchev–Trinajstić information content (AvgIpc) is 3.02. The Labute approximate surface area is 267 Å². The Morgan fingerprint density at radius 1 is 0.681 bits per heavy atom. The van der Waals surface area contributed by atoms with Gasteiger partial charge in [0, 0.05) is 11.6 Å². The first-order valence-electron chi connectivity index (χ1n) is 15.3. The van der Waals surface area contributed by atoms with Crippen LogP contribution in [0.3, 0.4) is 0 Å². The molecule has 0 unspecified atom stereocenters. The largest absolute Gasteiger partial charge is 0.573 e. The number of hydrogen-bond acceptors (Lipinski definition) is 3. The Balaban J connectivity index is 1.18. The molecule has 0 amide bonds. The zero-order valence-corrected chi connectivity index (χ0v) is 25.4. The molecule has 47 heavy (non-hydrogen) atoms. The number of rotatable bonds is 11. The second-order valence-electron chi connectivity index (χ2n) is 11.5. The second-order valence-corrected chi connectivity index (χ2v) is 11.5. The Kier molecular flexibility index (Phi) is 10.4. The smallest absolute Gasteiger partial charge is 0.493 e. The molecule has 1 aliphatic carbocycles. The molecule has 1 fully saturated rings. The molecule has 0 atom stereocenters. The van der Waals surface area contributed by atoms with Crippen LogP contribution in [0.15, 0.2) is 78.9 Å². The molecular weight excluding hydrogens is 632 g/mol. The van der Waals surface area contributed by atoms with Gasteiger partial charge in [-0.3, -0.25) is 0 Å². The third-order valence-corrected chi connectivity index (χ3v) is 8.16. The molecule has 0 saturated heterocycles. The van der Waals surface area contributed by atoms with Gasteiger partial charge in [-0.25, -0.2) is 13.2 Å². The summed E-state index contributed by atoms with van der Waals surface area (Å²) in [6.07, 6.45) is -6.06. The van der Waals surface area contributed by atoms with Gasteiger partial charge in [-0.1, -0.05) is 55.8 Å². The van der Waals surface area contributed by atoms with Crippen LogP contribution in [-0.4, -0.2) is 19.1 Å². The molecule has 250 valence electrons. The van der Waals surface area contributed by atoms with Crippen molar-refractivity contribution in [1.82, 2.24) is 0 Å². The molecular formula is C36H32F8O3. The monoisotopic (exact) mass is 664 g/mol. The fourth-order valence-corrected chi connectivity index (χ4v) is 5.70. The molecule has 4 aromatic carbocycles. The van der Waals surface area contributed by atoms with Crippen molar-refractivity contribution >= 4 is 0 Å². The molecule has 1 aliphatic rings. The Morgan fingerprint density at radius 3 is 1.96 bits per heavy atom. The van der Waals surface area contributed by atoms with Gasteiger partial charge < -0.3 is 14.2 Å². The van der Waals surface area contributed by atoms with E-state index >= 15 is 4.39 Å². The Morgan fingerprint density at radius 2 is 1.34 bits per heavy atom. The first-order valence-corrected chi connectivity index (χ1v) is 15.3. The topological polar surface area (TPSA) is 27.7 Å². The molecule has 0 heterocycles. The predicted molar refractivity (Wildman–Crippen MR) is 161 cm³/mol. The van der Waals surface area contributed by atoms with Crippen LogP contribution in [0.4, 0.5) is 35.1 Å². The van der Waals surface area contributed by atoms with E-state index in [-0.39, 0.29) is 22.8 Å². The lowest BCUT2D eigenvalue weighted by atomic mass is 9.82. The number of benzene rings is 4. The van der Waals surface area contributed by atoms with Gasteiger partial charge in [-0.2, -0.15) is 8.78 Å². The van der Waals surface area contributed by atoms with Gasteiger partial charge in [0.15, 0.2) is 11.6 Å². The number of alkyl halides is 5. The molecule has 4 aromatic rings. The van der Waals surface area contributed by atoms with Gasteiger partial charge in [-0.05, 0) is 90.6 Å². The van der Waals surface area contributed by atoms with Crippen LogP contribution in [-0.2, 0) is 10.8 Å². The number of unbranched alkanes of at least 4 members (excludes halogenated alkanes) is 1. The Hall–Kier alpha value is -4.12. The van der Waals surface area contributed by atoms with Crippen molar-refractivity contribution in [3.8, 4) is 33.8 Å². The van der Waals surface area contributed by atoms with Gasteiger partial charge >= 0.3 is 12.5 Å². The number of hydrogen-bond donors (Lipinski definition) is 0. The third kappa shape index (κ3) is 8.62. The van der Waals surface area contributed by atoms with E-state index in [9.17, 15) is 30.7 Å². The highest BCUT2D eigenvalue weighted by molar-refractivity contribution is 5.71. The maximum Gasteiger partial charge on any atom is 0.573 e. The highest BCUT2D eigenvalue weighted by atomic mass is 19.4. The van der Waals surface area contributed by atoms with E-state index in [4.69, 9.17) is 9.47 Å². The molecule has 5 rings (SSSR count). The van der Waals surface area contributed by atoms with E-state index < -0.39 is 47.3 Å². The molecule has 0 radical (unpaired) electrons. The van der Waals surface area contributed by atoms with Crippen LogP contribution in [0.2, 0.25) is 0 Å². The fraction of sp³-hybridized carbons (Fsp3) is 0.333. The quantitative estimate of drug-likeness (QED) is 0.118. The van der Waals surface area contributed by atoms with Crippen molar-refractivity contribution in [1.29, 1.82) is 0 Å². The van der Waals surface area contributed by atoms with Gasteiger partial charge in [0.05, 0.1) is 18.3 Å². The van der Waals surface area contributed by atoms with Crippen molar-refractivity contribution in [3.63, 3.8) is 0 Å². The summed E-state index contributed by atoms with van der Waals surface area (Å²) in [4.78, 5) is 0. The predicted octanol–water partition coefficient (Wildman–Crippen LogP) is 11.3. The van der Waals surface area contributed by atoms with Crippen LogP contribution < -0.4 is 9.47 Å². The maximum absolute atomic E-state index is 15.0. The average molecular weight is 665 g/mol. The summed E-state index contributed by atoms with van der Waals surface area (Å²) in [5, 5.41) is 0. The zero-order chi connectivity index (χ0) is 33.8.